The van der Waals surface area contributed by atoms with Crippen molar-refractivity contribution in [3.63, 3.8) is 0 Å². The Bertz CT molecular complexity index is 907. The van der Waals surface area contributed by atoms with Crippen LogP contribution in [0.2, 0.25) is 0 Å². The second-order valence-corrected chi connectivity index (χ2v) is 7.65. The predicted octanol–water partition coefficient (Wildman–Crippen LogP) is 2.61. The van der Waals surface area contributed by atoms with Gasteiger partial charge in [0.15, 0.2) is 0 Å². The largest absolute Gasteiger partial charge is 0.368 e. The lowest BCUT2D eigenvalue weighted by Gasteiger charge is -2.27. The Balaban J connectivity index is 1.60. The van der Waals surface area contributed by atoms with Gasteiger partial charge in [-0.05, 0) is 66.6 Å². The highest BCUT2D eigenvalue weighted by Crippen LogP contribution is 2.33. The molecule has 0 radical (unpaired) electrons. The van der Waals surface area contributed by atoms with Crippen molar-refractivity contribution in [2.45, 2.75) is 38.3 Å². The number of amides is 2. The molecule has 6 nitrogen and oxygen atoms in total. The molecule has 0 aromatic heterocycles. The molecule has 146 valence electrons. The molecule has 1 atom stereocenters. The van der Waals surface area contributed by atoms with Gasteiger partial charge >= 0.3 is 0 Å². The Kier molecular flexibility index (Phi) is 5.05. The average molecular weight is 378 g/mol. The number of hydrogen-bond acceptors (Lipinski definition) is 4. The molecule has 4 rings (SSSR count). The number of anilines is 2. The maximum absolute atomic E-state index is 12.0. The molecule has 2 aromatic rings. The molecule has 1 saturated carbocycles. The van der Waals surface area contributed by atoms with Gasteiger partial charge in [0, 0.05) is 30.4 Å². The van der Waals surface area contributed by atoms with E-state index in [9.17, 15) is 9.59 Å². The summed E-state index contributed by atoms with van der Waals surface area (Å²) >= 11 is 0. The topological polar surface area (TPSA) is 101 Å². The van der Waals surface area contributed by atoms with E-state index in [1.807, 2.05) is 36.4 Å². The normalized spacial score (nSPS) is 18.9. The van der Waals surface area contributed by atoms with Crippen LogP contribution in [0.3, 0.4) is 0 Å². The molecule has 1 aliphatic heterocycles. The Morgan fingerprint density at radius 2 is 1.86 bits per heavy atom. The monoisotopic (exact) mass is 378 g/mol. The molecule has 1 saturated heterocycles. The molecule has 5 N–H and O–H groups in total. The van der Waals surface area contributed by atoms with E-state index in [-0.39, 0.29) is 23.8 Å². The fraction of sp³-hybridized carbons (Fsp3) is 0.364. The summed E-state index contributed by atoms with van der Waals surface area (Å²) in [7, 11) is 0. The third-order valence-electron chi connectivity index (χ3n) is 5.60. The zero-order valence-electron chi connectivity index (χ0n) is 15.9. The van der Waals surface area contributed by atoms with Crippen LogP contribution in [0.4, 0.5) is 11.4 Å². The first-order valence-electron chi connectivity index (χ1n) is 9.87. The summed E-state index contributed by atoms with van der Waals surface area (Å²) in [4.78, 5) is 25.9. The van der Waals surface area contributed by atoms with Gasteiger partial charge in [0.1, 0.15) is 6.04 Å². The molecule has 0 unspecified atom stereocenters. The van der Waals surface area contributed by atoms with E-state index in [1.54, 1.807) is 0 Å². The van der Waals surface area contributed by atoms with Gasteiger partial charge in [-0.25, -0.2) is 0 Å². The lowest BCUT2D eigenvalue weighted by molar-refractivity contribution is -0.119. The van der Waals surface area contributed by atoms with Crippen LogP contribution in [-0.2, 0) is 16.1 Å². The summed E-state index contributed by atoms with van der Waals surface area (Å²) in [5.41, 5.74) is 16.4. The Morgan fingerprint density at radius 3 is 2.57 bits per heavy atom. The van der Waals surface area contributed by atoms with Crippen LogP contribution >= 0.6 is 0 Å². The maximum atomic E-state index is 12.0. The van der Waals surface area contributed by atoms with Gasteiger partial charge in [0.25, 0.3) is 0 Å². The van der Waals surface area contributed by atoms with E-state index in [1.165, 1.54) is 0 Å². The highest BCUT2D eigenvalue weighted by molar-refractivity contribution is 5.94. The summed E-state index contributed by atoms with van der Waals surface area (Å²) in [6.07, 6.45) is 3.69. The molecule has 6 heteroatoms. The van der Waals surface area contributed by atoms with Gasteiger partial charge in [-0.1, -0.05) is 18.2 Å². The molecule has 28 heavy (non-hydrogen) atoms. The number of carbonyl (C=O) groups excluding carboxylic acids is 2. The van der Waals surface area contributed by atoms with Crippen LogP contribution in [0.25, 0.3) is 11.1 Å². The molecule has 2 amide bonds. The second kappa shape index (κ2) is 7.64. The number of nitrogens with zero attached hydrogens (tertiary/aromatic N) is 1. The van der Waals surface area contributed by atoms with Crippen molar-refractivity contribution < 1.29 is 9.59 Å². The van der Waals surface area contributed by atoms with Gasteiger partial charge < -0.3 is 21.7 Å². The minimum absolute atomic E-state index is 0.0988. The Labute approximate surface area is 164 Å². The first kappa shape index (κ1) is 18.5. The number of rotatable bonds is 6. The Morgan fingerprint density at radius 1 is 1.07 bits per heavy atom. The Hall–Kier alpha value is -2.86. The maximum Gasteiger partial charge on any atom is 0.240 e. The van der Waals surface area contributed by atoms with Crippen LogP contribution in [-0.4, -0.2) is 24.4 Å². The van der Waals surface area contributed by atoms with Crippen LogP contribution in [0.15, 0.2) is 42.5 Å². The van der Waals surface area contributed by atoms with Crippen LogP contribution in [0.5, 0.6) is 0 Å². The minimum atomic E-state index is -0.288. The lowest BCUT2D eigenvalue weighted by atomic mass is 10.00. The van der Waals surface area contributed by atoms with Crippen LogP contribution in [0, 0.1) is 5.92 Å². The zero-order valence-corrected chi connectivity index (χ0v) is 15.9. The first-order chi connectivity index (χ1) is 13.6. The molecular formula is C22H26N4O2. The summed E-state index contributed by atoms with van der Waals surface area (Å²) in [6.45, 7) is 1.19. The molecule has 1 aliphatic carbocycles. The average Bonchev–Trinajstić information content (AvgIpc) is 3.44. The van der Waals surface area contributed by atoms with E-state index in [0.717, 1.165) is 60.3 Å². The van der Waals surface area contributed by atoms with Gasteiger partial charge in [0.2, 0.25) is 11.8 Å². The number of carbonyl (C=O) groups is 2. The molecule has 0 bridgehead atoms. The van der Waals surface area contributed by atoms with Crippen LogP contribution < -0.4 is 21.7 Å². The highest BCUT2D eigenvalue weighted by Gasteiger charge is 2.31. The third-order valence-corrected chi connectivity index (χ3v) is 5.60. The predicted molar refractivity (Wildman–Crippen MR) is 111 cm³/mol. The summed E-state index contributed by atoms with van der Waals surface area (Å²) in [5, 5.41) is 2.99. The van der Waals surface area contributed by atoms with Crippen molar-refractivity contribution in [3.8, 4) is 11.1 Å². The van der Waals surface area contributed by atoms with E-state index in [0.29, 0.717) is 6.54 Å². The van der Waals surface area contributed by atoms with Gasteiger partial charge in [-0.3, -0.25) is 9.59 Å². The van der Waals surface area contributed by atoms with Crippen molar-refractivity contribution in [2.24, 2.45) is 17.4 Å². The standard InChI is InChI=1S/C22H26N4O2/c23-13-17-11-16(8-9-19(17)26-10-2-5-20(26)21(24)27)15-3-1-4-18(12-15)25-22(28)14-6-7-14/h1,3-4,8-9,11-12,14,20H,2,5-7,10,13,23H2,(H2,24,27)(H,25,28)/t20-/m1/s1. The van der Waals surface area contributed by atoms with Gasteiger partial charge in [-0.2, -0.15) is 0 Å². The van der Waals surface area contributed by atoms with Crippen molar-refractivity contribution >= 4 is 23.2 Å². The summed E-state index contributed by atoms with van der Waals surface area (Å²) in [5.74, 6) is -0.0178. The molecule has 1 heterocycles. The lowest BCUT2D eigenvalue weighted by Crippen LogP contribution is -2.40. The fourth-order valence-corrected chi connectivity index (χ4v) is 3.93. The minimum Gasteiger partial charge on any atom is -0.368 e. The molecule has 2 fully saturated rings. The molecule has 2 aromatic carbocycles. The van der Waals surface area contributed by atoms with Crippen molar-refractivity contribution in [1.29, 1.82) is 0 Å². The molecule has 0 spiro atoms. The smallest absolute Gasteiger partial charge is 0.240 e. The van der Waals surface area contributed by atoms with Crippen molar-refractivity contribution in [2.75, 3.05) is 16.8 Å². The SMILES string of the molecule is NCc1cc(-c2cccc(NC(=O)C3CC3)c2)ccc1N1CCC[C@@H]1C(N)=O. The number of benzene rings is 2. The van der Waals surface area contributed by atoms with E-state index >= 15 is 0 Å². The van der Waals surface area contributed by atoms with Crippen molar-refractivity contribution in [3.05, 3.63) is 48.0 Å². The molecular weight excluding hydrogens is 352 g/mol. The van der Waals surface area contributed by atoms with E-state index in [2.05, 4.69) is 16.3 Å². The van der Waals surface area contributed by atoms with E-state index in [4.69, 9.17) is 11.5 Å². The summed E-state index contributed by atoms with van der Waals surface area (Å²) < 4.78 is 0. The summed E-state index contributed by atoms with van der Waals surface area (Å²) in [6, 6.07) is 13.7. The quantitative estimate of drug-likeness (QED) is 0.719. The number of nitrogens with one attached hydrogen (secondary N) is 1. The first-order valence-corrected chi connectivity index (χ1v) is 9.87. The van der Waals surface area contributed by atoms with Gasteiger partial charge in [0.05, 0.1) is 0 Å². The fourth-order valence-electron chi connectivity index (χ4n) is 3.93. The molecule has 2 aliphatic rings. The highest BCUT2D eigenvalue weighted by atomic mass is 16.2. The third kappa shape index (κ3) is 3.73. The van der Waals surface area contributed by atoms with Crippen LogP contribution in [0.1, 0.15) is 31.2 Å². The second-order valence-electron chi connectivity index (χ2n) is 7.65. The van der Waals surface area contributed by atoms with E-state index < -0.39 is 0 Å². The number of hydrogen-bond donors (Lipinski definition) is 3. The zero-order chi connectivity index (χ0) is 19.7. The number of nitrogens with two attached hydrogens (primary N) is 2. The van der Waals surface area contributed by atoms with Crippen molar-refractivity contribution in [1.82, 2.24) is 0 Å². The number of primary amides is 1. The van der Waals surface area contributed by atoms with Gasteiger partial charge in [-0.15, -0.1) is 0 Å².